The van der Waals surface area contributed by atoms with E-state index in [9.17, 15) is 4.79 Å². The van der Waals surface area contributed by atoms with E-state index in [0.29, 0.717) is 13.0 Å². The van der Waals surface area contributed by atoms with Crippen molar-refractivity contribution in [1.29, 1.82) is 0 Å². The van der Waals surface area contributed by atoms with E-state index < -0.39 is 0 Å². The molecule has 1 N–H and O–H groups in total. The summed E-state index contributed by atoms with van der Waals surface area (Å²) < 4.78 is 2.07. The minimum absolute atomic E-state index is 0.0886. The van der Waals surface area contributed by atoms with Crippen molar-refractivity contribution in [2.75, 3.05) is 0 Å². The lowest BCUT2D eigenvalue weighted by Gasteiger charge is -2.05. The van der Waals surface area contributed by atoms with Gasteiger partial charge in [0.25, 0.3) is 0 Å². The third-order valence-corrected chi connectivity index (χ3v) is 4.77. The molecule has 0 bridgehead atoms. The zero-order valence-corrected chi connectivity index (χ0v) is 13.6. The van der Waals surface area contributed by atoms with Crippen LogP contribution >= 0.6 is 11.3 Å². The third-order valence-electron chi connectivity index (χ3n) is 3.84. The Morgan fingerprint density at radius 1 is 1.36 bits per heavy atom. The van der Waals surface area contributed by atoms with Gasteiger partial charge in [-0.25, -0.2) is 4.98 Å². The van der Waals surface area contributed by atoms with Gasteiger partial charge < -0.3 is 9.88 Å². The van der Waals surface area contributed by atoms with Crippen LogP contribution in [0.5, 0.6) is 0 Å². The molecule has 2 aromatic heterocycles. The van der Waals surface area contributed by atoms with Crippen molar-refractivity contribution in [3.63, 3.8) is 0 Å². The minimum atomic E-state index is 0.0886. The van der Waals surface area contributed by atoms with Crippen LogP contribution in [0.1, 0.15) is 22.7 Å². The Balaban J connectivity index is 1.57. The van der Waals surface area contributed by atoms with Gasteiger partial charge in [0.05, 0.1) is 11.0 Å². The van der Waals surface area contributed by atoms with Crippen LogP contribution in [-0.2, 0) is 24.8 Å². The number of thiophene rings is 1. The molecule has 2 heterocycles. The van der Waals surface area contributed by atoms with Crippen molar-refractivity contribution in [2.24, 2.45) is 7.05 Å². The molecule has 3 rings (SSSR count). The SMILES string of the molecule is Cc1nc2cc(CNC(=O)CCc3cccs3)ccc2n1C. The maximum absolute atomic E-state index is 11.9. The molecule has 0 atom stereocenters. The number of nitrogens with zero attached hydrogens (tertiary/aromatic N) is 2. The molecular formula is C17H19N3OS. The molecule has 114 valence electrons. The van der Waals surface area contributed by atoms with Gasteiger partial charge in [0.2, 0.25) is 5.91 Å². The number of rotatable bonds is 5. The zero-order chi connectivity index (χ0) is 15.5. The summed E-state index contributed by atoms with van der Waals surface area (Å²) in [6.45, 7) is 2.54. The highest BCUT2D eigenvalue weighted by molar-refractivity contribution is 7.09. The number of aryl methyl sites for hydroxylation is 3. The average molecular weight is 313 g/mol. The van der Waals surface area contributed by atoms with E-state index >= 15 is 0 Å². The van der Waals surface area contributed by atoms with Crippen LogP contribution < -0.4 is 5.32 Å². The van der Waals surface area contributed by atoms with Crippen LogP contribution in [0.2, 0.25) is 0 Å². The second-order valence-electron chi connectivity index (χ2n) is 5.40. The number of nitrogens with one attached hydrogen (secondary N) is 1. The first-order valence-electron chi connectivity index (χ1n) is 7.34. The fourth-order valence-corrected chi connectivity index (χ4v) is 3.17. The van der Waals surface area contributed by atoms with Crippen LogP contribution in [0.3, 0.4) is 0 Å². The van der Waals surface area contributed by atoms with Crippen molar-refractivity contribution in [3.8, 4) is 0 Å². The number of hydrogen-bond donors (Lipinski definition) is 1. The number of amides is 1. The molecule has 0 saturated heterocycles. The summed E-state index contributed by atoms with van der Waals surface area (Å²) in [5, 5.41) is 5.02. The highest BCUT2D eigenvalue weighted by atomic mass is 32.1. The summed E-state index contributed by atoms with van der Waals surface area (Å²) >= 11 is 1.69. The van der Waals surface area contributed by atoms with Crippen molar-refractivity contribution in [2.45, 2.75) is 26.3 Å². The maximum Gasteiger partial charge on any atom is 0.220 e. The first-order valence-corrected chi connectivity index (χ1v) is 8.22. The number of imidazole rings is 1. The van der Waals surface area contributed by atoms with E-state index in [2.05, 4.69) is 27.0 Å². The average Bonchev–Trinajstić information content (AvgIpc) is 3.12. The van der Waals surface area contributed by atoms with Crippen LogP contribution in [0.4, 0.5) is 0 Å². The molecule has 0 saturated carbocycles. The van der Waals surface area contributed by atoms with Crippen LogP contribution in [0.25, 0.3) is 11.0 Å². The molecule has 22 heavy (non-hydrogen) atoms. The first kappa shape index (κ1) is 14.8. The monoisotopic (exact) mass is 313 g/mol. The van der Waals surface area contributed by atoms with E-state index in [1.165, 1.54) is 4.88 Å². The zero-order valence-electron chi connectivity index (χ0n) is 12.8. The summed E-state index contributed by atoms with van der Waals surface area (Å²) in [5.74, 6) is 1.08. The van der Waals surface area contributed by atoms with Crippen LogP contribution in [-0.4, -0.2) is 15.5 Å². The van der Waals surface area contributed by atoms with Gasteiger partial charge in [-0.1, -0.05) is 12.1 Å². The molecule has 0 spiro atoms. The van der Waals surface area contributed by atoms with Gasteiger partial charge in [-0.05, 0) is 42.5 Å². The predicted octanol–water partition coefficient (Wildman–Crippen LogP) is 3.19. The second-order valence-corrected chi connectivity index (χ2v) is 6.43. The summed E-state index contributed by atoms with van der Waals surface area (Å²) in [6.07, 6.45) is 1.34. The van der Waals surface area contributed by atoms with Gasteiger partial charge >= 0.3 is 0 Å². The predicted molar refractivity (Wildman–Crippen MR) is 89.9 cm³/mol. The Kier molecular flexibility index (Phi) is 4.24. The number of fused-ring (bicyclic) bond motifs is 1. The maximum atomic E-state index is 11.9. The molecule has 0 fully saturated rings. The molecule has 0 aliphatic carbocycles. The number of carbonyl (C=O) groups is 1. The Morgan fingerprint density at radius 2 is 2.23 bits per heavy atom. The van der Waals surface area contributed by atoms with Gasteiger partial charge in [-0.15, -0.1) is 11.3 Å². The van der Waals surface area contributed by atoms with E-state index in [0.717, 1.165) is 28.8 Å². The molecule has 5 heteroatoms. The molecule has 1 aromatic carbocycles. The van der Waals surface area contributed by atoms with Crippen LogP contribution in [0, 0.1) is 6.92 Å². The molecule has 1 amide bonds. The standard InChI is InChI=1S/C17H19N3OS/c1-12-19-15-10-13(5-7-16(15)20(12)2)11-18-17(21)8-6-14-4-3-9-22-14/h3-5,7,9-10H,6,8,11H2,1-2H3,(H,18,21). The van der Waals surface area contributed by atoms with Crippen molar-refractivity contribution >= 4 is 28.3 Å². The van der Waals surface area contributed by atoms with Crippen molar-refractivity contribution < 1.29 is 4.79 Å². The molecule has 4 nitrogen and oxygen atoms in total. The summed E-state index contributed by atoms with van der Waals surface area (Å²) in [4.78, 5) is 17.7. The topological polar surface area (TPSA) is 46.9 Å². The van der Waals surface area contributed by atoms with Gasteiger partial charge in [0.15, 0.2) is 0 Å². The second kappa shape index (κ2) is 6.32. The van der Waals surface area contributed by atoms with E-state index in [-0.39, 0.29) is 5.91 Å². The fourth-order valence-electron chi connectivity index (χ4n) is 2.46. The van der Waals surface area contributed by atoms with Gasteiger partial charge in [-0.3, -0.25) is 4.79 Å². The molecule has 0 aliphatic heterocycles. The summed E-state index contributed by atoms with van der Waals surface area (Å²) in [6, 6.07) is 10.2. The summed E-state index contributed by atoms with van der Waals surface area (Å²) in [5.41, 5.74) is 3.17. The van der Waals surface area contributed by atoms with Crippen molar-refractivity contribution in [1.82, 2.24) is 14.9 Å². The van der Waals surface area contributed by atoms with Gasteiger partial charge in [0.1, 0.15) is 5.82 Å². The highest BCUT2D eigenvalue weighted by Gasteiger charge is 2.06. The Bertz CT molecular complexity index is 790. The van der Waals surface area contributed by atoms with E-state index in [1.807, 2.05) is 37.6 Å². The molecular weight excluding hydrogens is 294 g/mol. The highest BCUT2D eigenvalue weighted by Crippen LogP contribution is 2.16. The Labute approximate surface area is 133 Å². The van der Waals surface area contributed by atoms with Gasteiger partial charge in [0, 0.05) is 24.9 Å². The first-order chi connectivity index (χ1) is 10.6. The quantitative estimate of drug-likeness (QED) is 0.786. The minimum Gasteiger partial charge on any atom is -0.352 e. The third kappa shape index (κ3) is 3.20. The summed E-state index contributed by atoms with van der Waals surface area (Å²) in [7, 11) is 2.01. The fraction of sp³-hybridized carbons (Fsp3) is 0.294. The molecule has 0 aliphatic rings. The van der Waals surface area contributed by atoms with Gasteiger partial charge in [-0.2, -0.15) is 0 Å². The number of benzene rings is 1. The Morgan fingerprint density at radius 3 is 3.00 bits per heavy atom. The number of hydrogen-bond acceptors (Lipinski definition) is 3. The van der Waals surface area contributed by atoms with Crippen molar-refractivity contribution in [3.05, 3.63) is 52.0 Å². The molecule has 0 unspecified atom stereocenters. The largest absolute Gasteiger partial charge is 0.352 e. The lowest BCUT2D eigenvalue weighted by Crippen LogP contribution is -2.22. The number of carbonyl (C=O) groups excluding carboxylic acids is 1. The molecule has 0 radical (unpaired) electrons. The lowest BCUT2D eigenvalue weighted by atomic mass is 10.2. The lowest BCUT2D eigenvalue weighted by molar-refractivity contribution is -0.121. The van der Waals surface area contributed by atoms with E-state index in [4.69, 9.17) is 0 Å². The number of aromatic nitrogens is 2. The normalized spacial score (nSPS) is 11.0. The molecule has 3 aromatic rings. The van der Waals surface area contributed by atoms with E-state index in [1.54, 1.807) is 11.3 Å². The smallest absolute Gasteiger partial charge is 0.220 e. The van der Waals surface area contributed by atoms with Crippen LogP contribution in [0.15, 0.2) is 35.7 Å². The Hall–Kier alpha value is -2.14.